The van der Waals surface area contributed by atoms with Gasteiger partial charge in [-0.05, 0) is 26.2 Å². The minimum absolute atomic E-state index is 0.274. The molecule has 0 saturated heterocycles. The zero-order valence-electron chi connectivity index (χ0n) is 8.72. The quantitative estimate of drug-likeness (QED) is 0.427. The zero-order valence-corrected chi connectivity index (χ0v) is 8.72. The highest BCUT2D eigenvalue weighted by Crippen LogP contribution is 2.04. The predicted octanol–water partition coefficient (Wildman–Crippen LogP) is -1.15. The summed E-state index contributed by atoms with van der Waals surface area (Å²) < 4.78 is 0. The van der Waals surface area contributed by atoms with Crippen molar-refractivity contribution in [2.45, 2.75) is 44.4 Å². The third kappa shape index (κ3) is 5.46. The molecule has 0 aromatic carbocycles. The van der Waals surface area contributed by atoms with Crippen molar-refractivity contribution in [1.82, 2.24) is 0 Å². The number of carboxylic acid groups (broad SMARTS) is 1. The molecule has 0 aliphatic rings. The molecule has 88 valence electrons. The van der Waals surface area contributed by atoms with Crippen LogP contribution in [-0.4, -0.2) is 40.2 Å². The Bertz CT molecular complexity index is 230. The summed E-state index contributed by atoms with van der Waals surface area (Å²) in [6, 6.07) is -1.66. The number of aliphatic carboxylic acids is 1. The molecule has 0 radical (unpaired) electrons. The highest BCUT2D eigenvalue weighted by Gasteiger charge is 2.19. The standard InChI is InChI=1S/C9H18N2O4/c1-5(12)8(13)6(10)3-2-4-7(11)9(14)15/h5-7,12H,2-4,10-11H2,1H3,(H,14,15)/t5?,6?,7-/m0/s1. The molecule has 15 heavy (non-hydrogen) atoms. The normalized spacial score (nSPS) is 16.8. The Morgan fingerprint density at radius 3 is 2.07 bits per heavy atom. The topological polar surface area (TPSA) is 127 Å². The number of rotatable bonds is 7. The lowest BCUT2D eigenvalue weighted by molar-refractivity contribution is -0.138. The SMILES string of the molecule is CC(O)C(=O)C(N)CCC[C@H](N)C(=O)O. The fraction of sp³-hybridized carbons (Fsp3) is 0.778. The Balaban J connectivity index is 3.77. The van der Waals surface area contributed by atoms with Crippen molar-refractivity contribution in [1.29, 1.82) is 0 Å². The third-order valence-corrected chi connectivity index (χ3v) is 2.12. The number of ketones is 1. The van der Waals surface area contributed by atoms with E-state index in [1.54, 1.807) is 0 Å². The summed E-state index contributed by atoms with van der Waals surface area (Å²) in [7, 11) is 0. The van der Waals surface area contributed by atoms with Gasteiger partial charge < -0.3 is 21.7 Å². The summed E-state index contributed by atoms with van der Waals surface area (Å²) in [4.78, 5) is 21.5. The first-order valence-electron chi connectivity index (χ1n) is 4.82. The van der Waals surface area contributed by atoms with E-state index in [9.17, 15) is 9.59 Å². The maximum atomic E-state index is 11.1. The highest BCUT2D eigenvalue weighted by molar-refractivity contribution is 5.87. The smallest absolute Gasteiger partial charge is 0.320 e. The summed E-state index contributed by atoms with van der Waals surface area (Å²) in [5.74, 6) is -1.50. The third-order valence-electron chi connectivity index (χ3n) is 2.12. The minimum Gasteiger partial charge on any atom is -0.480 e. The predicted molar refractivity (Wildman–Crippen MR) is 54.1 cm³/mol. The Hall–Kier alpha value is -0.980. The van der Waals surface area contributed by atoms with Crippen molar-refractivity contribution in [2.75, 3.05) is 0 Å². The van der Waals surface area contributed by atoms with E-state index in [0.717, 1.165) is 0 Å². The number of hydrogen-bond acceptors (Lipinski definition) is 5. The van der Waals surface area contributed by atoms with Crippen LogP contribution in [-0.2, 0) is 9.59 Å². The van der Waals surface area contributed by atoms with Gasteiger partial charge in [0.25, 0.3) is 0 Å². The van der Waals surface area contributed by atoms with E-state index in [-0.39, 0.29) is 6.42 Å². The molecule has 3 atom stereocenters. The maximum absolute atomic E-state index is 11.1. The number of hydrogen-bond donors (Lipinski definition) is 4. The lowest BCUT2D eigenvalue weighted by Crippen LogP contribution is -2.37. The van der Waals surface area contributed by atoms with Gasteiger partial charge in [-0.1, -0.05) is 0 Å². The van der Waals surface area contributed by atoms with Gasteiger partial charge in [-0.15, -0.1) is 0 Å². The van der Waals surface area contributed by atoms with Crippen LogP contribution in [0.4, 0.5) is 0 Å². The van der Waals surface area contributed by atoms with Gasteiger partial charge in [0.05, 0.1) is 6.04 Å². The number of aliphatic hydroxyl groups is 1. The van der Waals surface area contributed by atoms with Gasteiger partial charge in [0.2, 0.25) is 0 Å². The molecule has 0 fully saturated rings. The average Bonchev–Trinajstić information content (AvgIpc) is 2.15. The van der Waals surface area contributed by atoms with Crippen LogP contribution < -0.4 is 11.5 Å². The molecule has 0 heterocycles. The van der Waals surface area contributed by atoms with Crippen LogP contribution in [0.2, 0.25) is 0 Å². The summed E-state index contributed by atoms with van der Waals surface area (Å²) in [5, 5.41) is 17.4. The van der Waals surface area contributed by atoms with Crippen LogP contribution in [0.5, 0.6) is 0 Å². The highest BCUT2D eigenvalue weighted by atomic mass is 16.4. The van der Waals surface area contributed by atoms with E-state index in [1.807, 2.05) is 0 Å². The number of carbonyl (C=O) groups excluding carboxylic acids is 1. The fourth-order valence-electron chi connectivity index (χ4n) is 1.13. The van der Waals surface area contributed by atoms with E-state index in [0.29, 0.717) is 12.8 Å². The lowest BCUT2D eigenvalue weighted by atomic mass is 10.0. The summed E-state index contributed by atoms with van der Waals surface area (Å²) in [6.45, 7) is 1.35. The van der Waals surface area contributed by atoms with Crippen LogP contribution in [0.15, 0.2) is 0 Å². The molecular formula is C9H18N2O4. The second kappa shape index (κ2) is 6.49. The number of aliphatic hydroxyl groups excluding tert-OH is 1. The van der Waals surface area contributed by atoms with E-state index in [1.165, 1.54) is 6.92 Å². The second-order valence-electron chi connectivity index (χ2n) is 3.56. The van der Waals surface area contributed by atoms with Gasteiger partial charge in [-0.3, -0.25) is 9.59 Å². The first kappa shape index (κ1) is 14.0. The Labute approximate surface area is 88.3 Å². The number of nitrogens with two attached hydrogens (primary N) is 2. The molecule has 0 aromatic heterocycles. The molecule has 0 aliphatic carbocycles. The van der Waals surface area contributed by atoms with Crippen LogP contribution in [0, 0.1) is 0 Å². The van der Waals surface area contributed by atoms with E-state index in [4.69, 9.17) is 21.7 Å². The van der Waals surface area contributed by atoms with Crippen molar-refractivity contribution >= 4 is 11.8 Å². The molecule has 2 unspecified atom stereocenters. The number of carbonyl (C=O) groups is 2. The molecule has 0 amide bonds. The van der Waals surface area contributed by atoms with Gasteiger partial charge in [-0.25, -0.2) is 0 Å². The molecule has 6 N–H and O–H groups in total. The molecule has 6 heteroatoms. The number of Topliss-reactive ketones (excluding diaryl/α,β-unsaturated/α-hetero) is 1. The summed E-state index contributed by atoms with van der Waals surface area (Å²) in [5.41, 5.74) is 10.7. The van der Waals surface area contributed by atoms with Crippen LogP contribution >= 0.6 is 0 Å². The Kier molecular flexibility index (Phi) is 6.07. The molecule has 0 rings (SSSR count). The molecule has 0 saturated carbocycles. The van der Waals surface area contributed by atoms with Crippen LogP contribution in [0.25, 0.3) is 0 Å². The average molecular weight is 218 g/mol. The number of carboxylic acids is 1. The van der Waals surface area contributed by atoms with Crippen LogP contribution in [0.1, 0.15) is 26.2 Å². The van der Waals surface area contributed by atoms with Crippen molar-refractivity contribution in [2.24, 2.45) is 11.5 Å². The van der Waals surface area contributed by atoms with Gasteiger partial charge in [0.1, 0.15) is 12.1 Å². The van der Waals surface area contributed by atoms with E-state index < -0.39 is 29.9 Å². The minimum atomic E-state index is -1.08. The Morgan fingerprint density at radius 1 is 1.20 bits per heavy atom. The summed E-state index contributed by atoms with van der Waals surface area (Å²) in [6.07, 6.45) is -0.0124. The van der Waals surface area contributed by atoms with Crippen molar-refractivity contribution in [3.05, 3.63) is 0 Å². The maximum Gasteiger partial charge on any atom is 0.320 e. The monoisotopic (exact) mass is 218 g/mol. The summed E-state index contributed by atoms with van der Waals surface area (Å²) >= 11 is 0. The molecule has 0 bridgehead atoms. The largest absolute Gasteiger partial charge is 0.480 e. The molecule has 0 spiro atoms. The first-order valence-corrected chi connectivity index (χ1v) is 4.82. The Morgan fingerprint density at radius 2 is 1.67 bits per heavy atom. The van der Waals surface area contributed by atoms with Gasteiger partial charge in [0, 0.05) is 0 Å². The zero-order chi connectivity index (χ0) is 12.0. The van der Waals surface area contributed by atoms with Gasteiger partial charge in [0.15, 0.2) is 5.78 Å². The molecular weight excluding hydrogens is 200 g/mol. The molecule has 6 nitrogen and oxygen atoms in total. The van der Waals surface area contributed by atoms with Gasteiger partial charge in [-0.2, -0.15) is 0 Å². The van der Waals surface area contributed by atoms with Crippen molar-refractivity contribution in [3.63, 3.8) is 0 Å². The second-order valence-corrected chi connectivity index (χ2v) is 3.56. The fourth-order valence-corrected chi connectivity index (χ4v) is 1.13. The first-order chi connectivity index (χ1) is 6.86. The van der Waals surface area contributed by atoms with Gasteiger partial charge >= 0.3 is 5.97 Å². The lowest BCUT2D eigenvalue weighted by Gasteiger charge is -2.12. The molecule has 0 aromatic rings. The van der Waals surface area contributed by atoms with E-state index >= 15 is 0 Å². The molecule has 0 aliphatic heterocycles. The van der Waals surface area contributed by atoms with Crippen molar-refractivity contribution in [3.8, 4) is 0 Å². The van der Waals surface area contributed by atoms with Crippen LogP contribution in [0.3, 0.4) is 0 Å². The van der Waals surface area contributed by atoms with Crippen molar-refractivity contribution < 1.29 is 19.8 Å². The van der Waals surface area contributed by atoms with E-state index in [2.05, 4.69) is 0 Å².